The summed E-state index contributed by atoms with van der Waals surface area (Å²) in [5.41, 5.74) is 0.752. The maximum atomic E-state index is 6.05. The lowest BCUT2D eigenvalue weighted by Gasteiger charge is -2.00. The molecule has 0 saturated carbocycles. The summed E-state index contributed by atoms with van der Waals surface area (Å²) >= 11 is 17.7. The first-order chi connectivity index (χ1) is 7.58. The average molecular weight is 277 g/mol. The van der Waals surface area contributed by atoms with E-state index in [0.29, 0.717) is 21.7 Å². The standard InChI is InChI=1S/C11H8Cl3NO/c1-6(12)11-15-5-10(16-11)8-3-2-7(13)4-9(8)14/h2-6H,1H3. The molecule has 1 heterocycles. The van der Waals surface area contributed by atoms with E-state index in [9.17, 15) is 0 Å². The molecule has 0 N–H and O–H groups in total. The van der Waals surface area contributed by atoms with E-state index in [1.165, 1.54) is 0 Å². The molecule has 2 nitrogen and oxygen atoms in total. The number of alkyl halides is 1. The molecule has 0 aliphatic carbocycles. The topological polar surface area (TPSA) is 26.0 Å². The van der Waals surface area contributed by atoms with Crippen molar-refractivity contribution < 1.29 is 4.42 Å². The van der Waals surface area contributed by atoms with Gasteiger partial charge in [-0.25, -0.2) is 4.98 Å². The number of nitrogens with zero attached hydrogens (tertiary/aromatic N) is 1. The van der Waals surface area contributed by atoms with Gasteiger partial charge < -0.3 is 4.42 Å². The van der Waals surface area contributed by atoms with E-state index in [-0.39, 0.29) is 5.38 Å². The zero-order valence-corrected chi connectivity index (χ0v) is 10.6. The van der Waals surface area contributed by atoms with Crippen molar-refractivity contribution in [3.05, 3.63) is 40.3 Å². The smallest absolute Gasteiger partial charge is 0.212 e. The highest BCUT2D eigenvalue weighted by Gasteiger charge is 2.13. The molecule has 1 aromatic heterocycles. The molecule has 1 atom stereocenters. The van der Waals surface area contributed by atoms with Crippen LogP contribution in [0.3, 0.4) is 0 Å². The Morgan fingerprint density at radius 3 is 2.62 bits per heavy atom. The summed E-state index contributed by atoms with van der Waals surface area (Å²) in [6, 6.07) is 5.19. The van der Waals surface area contributed by atoms with E-state index in [1.54, 1.807) is 31.3 Å². The third kappa shape index (κ3) is 2.34. The number of oxazole rings is 1. The summed E-state index contributed by atoms with van der Waals surface area (Å²) in [5, 5.41) is 0.844. The van der Waals surface area contributed by atoms with Crippen LogP contribution in [-0.4, -0.2) is 4.98 Å². The van der Waals surface area contributed by atoms with Crippen LogP contribution >= 0.6 is 34.8 Å². The van der Waals surface area contributed by atoms with Gasteiger partial charge >= 0.3 is 0 Å². The molecule has 0 saturated heterocycles. The number of hydrogen-bond acceptors (Lipinski definition) is 2. The summed E-state index contributed by atoms with van der Waals surface area (Å²) in [6.45, 7) is 1.79. The number of rotatable bonds is 2. The largest absolute Gasteiger partial charge is 0.439 e. The van der Waals surface area contributed by atoms with E-state index >= 15 is 0 Å². The Morgan fingerprint density at radius 2 is 2.06 bits per heavy atom. The van der Waals surface area contributed by atoms with Crippen LogP contribution in [0.15, 0.2) is 28.8 Å². The molecule has 0 amide bonds. The third-order valence-electron chi connectivity index (χ3n) is 2.06. The molecule has 5 heteroatoms. The predicted octanol–water partition coefficient (Wildman–Crippen LogP) is 4.95. The molecule has 0 bridgehead atoms. The van der Waals surface area contributed by atoms with Crippen LogP contribution in [0.2, 0.25) is 10.0 Å². The monoisotopic (exact) mass is 275 g/mol. The zero-order valence-electron chi connectivity index (χ0n) is 8.38. The van der Waals surface area contributed by atoms with Crippen LogP contribution in [-0.2, 0) is 0 Å². The van der Waals surface area contributed by atoms with Gasteiger partial charge in [-0.15, -0.1) is 11.6 Å². The SMILES string of the molecule is CC(Cl)c1ncc(-c2ccc(Cl)cc2Cl)o1. The maximum absolute atomic E-state index is 6.05. The number of aromatic nitrogens is 1. The normalized spacial score (nSPS) is 12.8. The van der Waals surface area contributed by atoms with Crippen molar-refractivity contribution in [1.29, 1.82) is 0 Å². The Bertz CT molecular complexity index is 508. The highest BCUT2D eigenvalue weighted by atomic mass is 35.5. The number of hydrogen-bond donors (Lipinski definition) is 0. The Balaban J connectivity index is 2.42. The van der Waals surface area contributed by atoms with Crippen molar-refractivity contribution in [2.45, 2.75) is 12.3 Å². The second-order valence-corrected chi connectivity index (χ2v) is 4.80. The third-order valence-corrected chi connectivity index (χ3v) is 2.79. The Labute approximate surface area is 108 Å². The summed E-state index contributed by atoms with van der Waals surface area (Å²) in [7, 11) is 0. The van der Waals surface area contributed by atoms with Crippen LogP contribution in [0.1, 0.15) is 18.2 Å². The fourth-order valence-corrected chi connectivity index (χ4v) is 1.89. The van der Waals surface area contributed by atoms with Gasteiger partial charge in [0, 0.05) is 10.6 Å². The second kappa shape index (κ2) is 4.66. The maximum Gasteiger partial charge on any atom is 0.212 e. The van der Waals surface area contributed by atoms with E-state index in [2.05, 4.69) is 4.98 Å². The van der Waals surface area contributed by atoms with Crippen LogP contribution in [0.25, 0.3) is 11.3 Å². The van der Waals surface area contributed by atoms with Gasteiger partial charge in [-0.2, -0.15) is 0 Å². The number of benzene rings is 1. The van der Waals surface area contributed by atoms with Crippen molar-refractivity contribution in [1.82, 2.24) is 4.98 Å². The molecule has 0 fully saturated rings. The summed E-state index contributed by atoms with van der Waals surface area (Å²) in [5.74, 6) is 1.06. The van der Waals surface area contributed by atoms with Crippen molar-refractivity contribution in [2.24, 2.45) is 0 Å². The predicted molar refractivity (Wildman–Crippen MR) is 66.2 cm³/mol. The minimum Gasteiger partial charge on any atom is -0.439 e. The summed E-state index contributed by atoms with van der Waals surface area (Å²) in [4.78, 5) is 4.07. The van der Waals surface area contributed by atoms with E-state index in [1.807, 2.05) is 0 Å². The molecule has 0 aliphatic heterocycles. The highest BCUT2D eigenvalue weighted by Crippen LogP contribution is 2.32. The minimum absolute atomic E-state index is 0.264. The first kappa shape index (κ1) is 11.8. The molecule has 16 heavy (non-hydrogen) atoms. The van der Waals surface area contributed by atoms with Crippen LogP contribution < -0.4 is 0 Å². The molecule has 1 unspecified atom stereocenters. The first-order valence-corrected chi connectivity index (χ1v) is 5.82. The Kier molecular flexibility index (Phi) is 3.43. The van der Waals surface area contributed by atoms with Crippen LogP contribution in [0, 0.1) is 0 Å². The van der Waals surface area contributed by atoms with Gasteiger partial charge in [-0.3, -0.25) is 0 Å². The first-order valence-electron chi connectivity index (χ1n) is 4.63. The lowest BCUT2D eigenvalue weighted by atomic mass is 10.2. The Hall–Kier alpha value is -0.700. The quantitative estimate of drug-likeness (QED) is 0.725. The van der Waals surface area contributed by atoms with E-state index in [0.717, 1.165) is 5.56 Å². The van der Waals surface area contributed by atoms with Crippen molar-refractivity contribution in [3.63, 3.8) is 0 Å². The number of halogens is 3. The average Bonchev–Trinajstić information content (AvgIpc) is 2.66. The molecule has 84 valence electrons. The lowest BCUT2D eigenvalue weighted by molar-refractivity contribution is 0.508. The molecule has 0 aliphatic rings. The summed E-state index contributed by atoms with van der Waals surface area (Å²) in [6.07, 6.45) is 1.60. The zero-order chi connectivity index (χ0) is 11.7. The van der Waals surface area contributed by atoms with Crippen molar-refractivity contribution >= 4 is 34.8 Å². The molecule has 2 rings (SSSR count). The molecule has 0 spiro atoms. The van der Waals surface area contributed by atoms with Gasteiger partial charge in [0.25, 0.3) is 0 Å². The second-order valence-electron chi connectivity index (χ2n) is 3.30. The van der Waals surface area contributed by atoms with E-state index < -0.39 is 0 Å². The van der Waals surface area contributed by atoms with Gasteiger partial charge in [0.15, 0.2) is 5.76 Å². The minimum atomic E-state index is -0.264. The van der Waals surface area contributed by atoms with Gasteiger partial charge in [-0.1, -0.05) is 23.2 Å². The van der Waals surface area contributed by atoms with Crippen molar-refractivity contribution in [3.8, 4) is 11.3 Å². The molecule has 1 aromatic carbocycles. The Morgan fingerprint density at radius 1 is 1.31 bits per heavy atom. The molecule has 2 aromatic rings. The fourth-order valence-electron chi connectivity index (χ4n) is 1.29. The molecular formula is C11H8Cl3NO. The van der Waals surface area contributed by atoms with E-state index in [4.69, 9.17) is 39.2 Å². The van der Waals surface area contributed by atoms with Crippen LogP contribution in [0.5, 0.6) is 0 Å². The summed E-state index contributed by atoms with van der Waals surface area (Å²) < 4.78 is 5.48. The lowest BCUT2D eigenvalue weighted by Crippen LogP contribution is -1.81. The fraction of sp³-hybridized carbons (Fsp3) is 0.182. The molecule has 0 radical (unpaired) electrons. The van der Waals surface area contributed by atoms with Crippen LogP contribution in [0.4, 0.5) is 0 Å². The molecular weight excluding hydrogens is 268 g/mol. The van der Waals surface area contributed by atoms with Gasteiger partial charge in [0.05, 0.1) is 11.2 Å². The highest BCUT2D eigenvalue weighted by molar-refractivity contribution is 6.36. The van der Waals surface area contributed by atoms with Gasteiger partial charge in [0.2, 0.25) is 5.89 Å². The van der Waals surface area contributed by atoms with Gasteiger partial charge in [-0.05, 0) is 25.1 Å². The van der Waals surface area contributed by atoms with Gasteiger partial charge in [0.1, 0.15) is 5.38 Å². The van der Waals surface area contributed by atoms with Crippen molar-refractivity contribution in [2.75, 3.05) is 0 Å².